The third-order valence-electron chi connectivity index (χ3n) is 3.51. The second-order valence-corrected chi connectivity index (χ2v) is 6.88. The number of nitrogens with one attached hydrogen (secondary N) is 1. The Balaban J connectivity index is 2.72. The number of rotatable bonds is 6. The predicted molar refractivity (Wildman–Crippen MR) is 83.0 cm³/mol. The highest BCUT2D eigenvalue weighted by Crippen LogP contribution is 2.34. The number of aliphatic hydroxyl groups is 1. The summed E-state index contributed by atoms with van der Waals surface area (Å²) >= 11 is 1.62. The minimum Gasteiger partial charge on any atom is -0.465 e. The number of hydrogen-bond acceptors (Lipinski definition) is 3. The molecule has 0 saturated carbocycles. The van der Waals surface area contributed by atoms with E-state index in [1.165, 1.54) is 5.56 Å². The van der Waals surface area contributed by atoms with Gasteiger partial charge < -0.3 is 15.5 Å². The van der Waals surface area contributed by atoms with Crippen LogP contribution in [-0.4, -0.2) is 34.2 Å². The molecule has 1 aromatic rings. The van der Waals surface area contributed by atoms with Crippen LogP contribution in [0.1, 0.15) is 26.3 Å². The first kappa shape index (κ1) is 16.9. The van der Waals surface area contributed by atoms with Crippen molar-refractivity contribution >= 4 is 17.9 Å². The summed E-state index contributed by atoms with van der Waals surface area (Å²) < 4.78 is 0. The molecule has 1 rings (SSSR count). The minimum atomic E-state index is -1.10. The van der Waals surface area contributed by atoms with Gasteiger partial charge in [-0.05, 0) is 11.0 Å². The van der Waals surface area contributed by atoms with Gasteiger partial charge in [-0.15, -0.1) is 0 Å². The fourth-order valence-corrected chi connectivity index (χ4v) is 3.36. The summed E-state index contributed by atoms with van der Waals surface area (Å²) in [6.45, 7) is 5.58. The molecule has 0 unspecified atom stereocenters. The van der Waals surface area contributed by atoms with Gasteiger partial charge in [-0.3, -0.25) is 0 Å². The van der Waals surface area contributed by atoms with Crippen LogP contribution >= 0.6 is 11.8 Å². The Morgan fingerprint density at radius 1 is 1.25 bits per heavy atom. The van der Waals surface area contributed by atoms with E-state index < -0.39 is 11.6 Å². The fraction of sp³-hybridized carbons (Fsp3) is 0.533. The van der Waals surface area contributed by atoms with Gasteiger partial charge in [-0.1, -0.05) is 51.1 Å². The molecular weight excluding hydrogens is 274 g/mol. The van der Waals surface area contributed by atoms with E-state index in [1.54, 1.807) is 11.8 Å². The molecule has 0 heterocycles. The number of benzene rings is 1. The average molecular weight is 297 g/mol. The van der Waals surface area contributed by atoms with Crippen molar-refractivity contribution in [2.75, 3.05) is 12.4 Å². The summed E-state index contributed by atoms with van der Waals surface area (Å²) in [5, 5.41) is 21.3. The number of amides is 1. The minimum absolute atomic E-state index is 0.218. The molecule has 1 atom stereocenters. The lowest BCUT2D eigenvalue weighted by molar-refractivity contribution is 0.0761. The summed E-state index contributed by atoms with van der Waals surface area (Å²) in [7, 11) is 0. The van der Waals surface area contributed by atoms with Crippen molar-refractivity contribution in [3.05, 3.63) is 35.9 Å². The molecule has 0 spiro atoms. The van der Waals surface area contributed by atoms with Crippen LogP contribution in [0.4, 0.5) is 4.79 Å². The Bertz CT molecular complexity index is 430. The Labute approximate surface area is 124 Å². The molecule has 0 bridgehead atoms. The zero-order valence-electron chi connectivity index (χ0n) is 12.2. The monoisotopic (exact) mass is 297 g/mol. The van der Waals surface area contributed by atoms with Crippen molar-refractivity contribution in [3.63, 3.8) is 0 Å². The quantitative estimate of drug-likeness (QED) is 0.755. The van der Waals surface area contributed by atoms with Crippen molar-refractivity contribution in [2.45, 2.75) is 32.1 Å². The standard InChI is InChI=1S/C15H23NO3S/c1-14(2,3)15(10-17,16-13(18)19)11-20-9-12-7-5-4-6-8-12/h4-8,16-17H,9-11H2,1-3H3,(H,18,19)/t15-/m0/s1. The molecule has 3 N–H and O–H groups in total. The highest BCUT2D eigenvalue weighted by molar-refractivity contribution is 7.98. The third-order valence-corrected chi connectivity index (χ3v) is 4.75. The molecule has 0 aliphatic heterocycles. The van der Waals surface area contributed by atoms with Gasteiger partial charge in [0.2, 0.25) is 0 Å². The van der Waals surface area contributed by atoms with Gasteiger partial charge in [-0.25, -0.2) is 4.79 Å². The van der Waals surface area contributed by atoms with Crippen LogP contribution < -0.4 is 5.32 Å². The van der Waals surface area contributed by atoms with Crippen LogP contribution in [0.3, 0.4) is 0 Å². The Hall–Kier alpha value is -1.20. The molecule has 1 aromatic carbocycles. The fourth-order valence-electron chi connectivity index (χ4n) is 1.88. The van der Waals surface area contributed by atoms with Crippen molar-refractivity contribution < 1.29 is 15.0 Å². The number of aliphatic hydroxyl groups excluding tert-OH is 1. The van der Waals surface area contributed by atoms with Gasteiger partial charge in [0, 0.05) is 11.5 Å². The first-order chi connectivity index (χ1) is 9.31. The van der Waals surface area contributed by atoms with Gasteiger partial charge in [-0.2, -0.15) is 11.8 Å². The molecule has 0 aromatic heterocycles. The average Bonchev–Trinajstić information content (AvgIpc) is 2.37. The number of thioether (sulfide) groups is 1. The summed E-state index contributed by atoms with van der Waals surface area (Å²) in [6.07, 6.45) is -1.10. The maximum absolute atomic E-state index is 11.0. The lowest BCUT2D eigenvalue weighted by Gasteiger charge is -2.43. The first-order valence-corrected chi connectivity index (χ1v) is 7.70. The van der Waals surface area contributed by atoms with E-state index in [0.717, 1.165) is 5.75 Å². The summed E-state index contributed by atoms with van der Waals surface area (Å²) in [5.74, 6) is 1.31. The smallest absolute Gasteiger partial charge is 0.405 e. The van der Waals surface area contributed by atoms with E-state index in [-0.39, 0.29) is 12.0 Å². The topological polar surface area (TPSA) is 69.6 Å². The normalized spacial score (nSPS) is 14.6. The lowest BCUT2D eigenvalue weighted by atomic mass is 9.75. The van der Waals surface area contributed by atoms with E-state index in [0.29, 0.717) is 5.75 Å². The Morgan fingerprint density at radius 2 is 1.85 bits per heavy atom. The van der Waals surface area contributed by atoms with Crippen molar-refractivity contribution in [1.29, 1.82) is 0 Å². The van der Waals surface area contributed by atoms with Gasteiger partial charge >= 0.3 is 6.09 Å². The molecular formula is C15H23NO3S. The molecule has 112 valence electrons. The van der Waals surface area contributed by atoms with Crippen molar-refractivity contribution in [2.24, 2.45) is 5.41 Å². The number of carboxylic acid groups (broad SMARTS) is 1. The van der Waals surface area contributed by atoms with E-state index >= 15 is 0 Å². The molecule has 20 heavy (non-hydrogen) atoms. The highest BCUT2D eigenvalue weighted by atomic mass is 32.2. The molecule has 0 saturated heterocycles. The van der Waals surface area contributed by atoms with Crippen LogP contribution in [0.2, 0.25) is 0 Å². The zero-order chi connectivity index (χ0) is 15.2. The second-order valence-electron chi connectivity index (χ2n) is 5.90. The Morgan fingerprint density at radius 3 is 2.30 bits per heavy atom. The number of hydrogen-bond donors (Lipinski definition) is 3. The van der Waals surface area contributed by atoms with E-state index in [1.807, 2.05) is 51.1 Å². The summed E-state index contributed by atoms with van der Waals surface area (Å²) in [4.78, 5) is 11.0. The van der Waals surface area contributed by atoms with Crippen LogP contribution in [0, 0.1) is 5.41 Å². The van der Waals surface area contributed by atoms with Crippen LogP contribution in [0.25, 0.3) is 0 Å². The van der Waals surface area contributed by atoms with Crippen molar-refractivity contribution in [3.8, 4) is 0 Å². The van der Waals surface area contributed by atoms with E-state index in [2.05, 4.69) is 5.32 Å². The van der Waals surface area contributed by atoms with E-state index in [9.17, 15) is 9.90 Å². The van der Waals surface area contributed by atoms with Crippen LogP contribution in [0.5, 0.6) is 0 Å². The van der Waals surface area contributed by atoms with E-state index in [4.69, 9.17) is 5.11 Å². The molecule has 0 aliphatic rings. The maximum Gasteiger partial charge on any atom is 0.405 e. The van der Waals surface area contributed by atoms with Crippen LogP contribution in [0.15, 0.2) is 30.3 Å². The first-order valence-electron chi connectivity index (χ1n) is 6.54. The summed E-state index contributed by atoms with van der Waals surface area (Å²) in [5.41, 5.74) is -0.0316. The van der Waals surface area contributed by atoms with Gasteiger partial charge in [0.15, 0.2) is 0 Å². The molecule has 1 amide bonds. The molecule has 4 nitrogen and oxygen atoms in total. The Kier molecular flexibility index (Phi) is 5.89. The van der Waals surface area contributed by atoms with Gasteiger partial charge in [0.25, 0.3) is 0 Å². The predicted octanol–water partition coefficient (Wildman–Crippen LogP) is 2.96. The molecule has 0 aliphatic carbocycles. The number of carbonyl (C=O) groups is 1. The maximum atomic E-state index is 11.0. The largest absolute Gasteiger partial charge is 0.465 e. The van der Waals surface area contributed by atoms with Crippen LogP contribution in [-0.2, 0) is 5.75 Å². The zero-order valence-corrected chi connectivity index (χ0v) is 13.0. The molecule has 0 fully saturated rings. The molecule has 0 radical (unpaired) electrons. The SMILES string of the molecule is CC(C)(C)[C@](CO)(CSCc1ccccc1)NC(=O)O. The van der Waals surface area contributed by atoms with Gasteiger partial charge in [0.1, 0.15) is 0 Å². The summed E-state index contributed by atoms with van der Waals surface area (Å²) in [6, 6.07) is 10.0. The molecule has 5 heteroatoms. The lowest BCUT2D eigenvalue weighted by Crippen LogP contribution is -2.61. The van der Waals surface area contributed by atoms with Crippen molar-refractivity contribution in [1.82, 2.24) is 5.32 Å². The second kappa shape index (κ2) is 6.99. The highest BCUT2D eigenvalue weighted by Gasteiger charge is 2.42. The van der Waals surface area contributed by atoms with Gasteiger partial charge in [0.05, 0.1) is 12.1 Å². The third kappa shape index (κ3) is 4.42.